The Morgan fingerprint density at radius 1 is 1.07 bits per heavy atom. The molecule has 3 aromatic rings. The predicted molar refractivity (Wildman–Crippen MR) is 169 cm³/mol. The van der Waals surface area contributed by atoms with Gasteiger partial charge in [0, 0.05) is 42.8 Å². The van der Waals surface area contributed by atoms with Crippen molar-refractivity contribution in [2.75, 3.05) is 32.1 Å². The Kier molecular flexibility index (Phi) is 11.0. The van der Waals surface area contributed by atoms with E-state index in [1.54, 1.807) is 17.0 Å². The summed E-state index contributed by atoms with van der Waals surface area (Å²) in [6.07, 6.45) is -0.125. The highest BCUT2D eigenvalue weighted by atomic mass is 16.5. The second kappa shape index (κ2) is 14.9. The van der Waals surface area contributed by atoms with Gasteiger partial charge >= 0.3 is 6.03 Å². The molecule has 0 spiro atoms. The van der Waals surface area contributed by atoms with Gasteiger partial charge in [0.1, 0.15) is 23.4 Å². The van der Waals surface area contributed by atoms with Crippen LogP contribution in [0.1, 0.15) is 38.8 Å². The normalized spacial score (nSPS) is 17.8. The maximum atomic E-state index is 13.5. The summed E-state index contributed by atoms with van der Waals surface area (Å²) in [5.41, 5.74) is 2.41. The highest BCUT2D eigenvalue weighted by Crippen LogP contribution is 2.29. The van der Waals surface area contributed by atoms with Crippen molar-refractivity contribution in [3.8, 4) is 17.2 Å². The van der Waals surface area contributed by atoms with E-state index in [4.69, 9.17) is 9.47 Å². The highest BCUT2D eigenvalue weighted by Gasteiger charge is 2.31. The maximum absolute atomic E-state index is 13.5. The van der Waals surface area contributed by atoms with Crippen molar-refractivity contribution in [2.45, 2.75) is 58.8 Å². The molecule has 0 radical (unpaired) electrons. The molecule has 3 N–H and O–H groups in total. The molecule has 3 atom stereocenters. The van der Waals surface area contributed by atoms with Crippen LogP contribution >= 0.6 is 0 Å². The summed E-state index contributed by atoms with van der Waals surface area (Å²) in [6.45, 7) is 9.37. The average molecular weight is 589 g/mol. The molecule has 0 bridgehead atoms. The fourth-order valence-corrected chi connectivity index (χ4v) is 5.13. The van der Waals surface area contributed by atoms with Crippen LogP contribution in [0.5, 0.6) is 17.2 Å². The third kappa shape index (κ3) is 9.20. The maximum Gasteiger partial charge on any atom is 0.319 e. The lowest BCUT2D eigenvalue weighted by Gasteiger charge is -2.34. The summed E-state index contributed by atoms with van der Waals surface area (Å²) < 4.78 is 12.6. The first-order valence-corrected chi connectivity index (χ1v) is 14.9. The van der Waals surface area contributed by atoms with Gasteiger partial charge in [-0.3, -0.25) is 9.69 Å². The number of carbonyl (C=O) groups is 2. The summed E-state index contributed by atoms with van der Waals surface area (Å²) >= 11 is 0. The number of benzene rings is 3. The van der Waals surface area contributed by atoms with Gasteiger partial charge in [-0.1, -0.05) is 37.3 Å². The van der Waals surface area contributed by atoms with Gasteiger partial charge in [0.05, 0.1) is 19.1 Å². The van der Waals surface area contributed by atoms with Gasteiger partial charge in [-0.05, 0) is 75.8 Å². The highest BCUT2D eigenvalue weighted by molar-refractivity contribution is 5.90. The number of aliphatic hydroxyl groups excluding tert-OH is 1. The molecule has 1 aliphatic rings. The zero-order valence-electron chi connectivity index (χ0n) is 25.7. The third-order valence-electron chi connectivity index (χ3n) is 7.44. The van der Waals surface area contributed by atoms with Crippen molar-refractivity contribution in [3.05, 3.63) is 83.9 Å². The number of fused-ring (bicyclic) bond motifs is 1. The Hall–Kier alpha value is -4.08. The molecule has 0 fully saturated rings. The minimum absolute atomic E-state index is 0.00825. The lowest BCUT2D eigenvalue weighted by molar-refractivity contribution is -0.134. The smallest absolute Gasteiger partial charge is 0.319 e. The number of urea groups is 1. The Morgan fingerprint density at radius 2 is 1.77 bits per heavy atom. The summed E-state index contributed by atoms with van der Waals surface area (Å²) in [5, 5.41) is 15.6. The second-order valence-electron chi connectivity index (χ2n) is 11.7. The van der Waals surface area contributed by atoms with E-state index in [0.717, 1.165) is 17.1 Å². The molecule has 9 heteroatoms. The molecule has 1 aliphatic heterocycles. The van der Waals surface area contributed by atoms with Gasteiger partial charge < -0.3 is 30.1 Å². The zero-order valence-corrected chi connectivity index (χ0v) is 25.7. The standard InChI is InChI=1S/C34H44N4O5/c1-23(2)35-34(41)36-28-13-16-31-27(17-28)18-33(40)38(25(4)22-39)19-24(3)32(43-31)21-37(5)20-26-11-14-30(15-12-26)42-29-9-7-6-8-10-29/h6-17,23-25,32,39H,18-22H2,1-5H3,(H2,35,36,41)/t24-,25+,32-/m0/s1. The monoisotopic (exact) mass is 588 g/mol. The third-order valence-corrected chi connectivity index (χ3v) is 7.44. The summed E-state index contributed by atoms with van der Waals surface area (Å²) in [6, 6.07) is 22.5. The van der Waals surface area contributed by atoms with E-state index >= 15 is 0 Å². The number of anilines is 1. The number of para-hydroxylation sites is 1. The van der Waals surface area contributed by atoms with E-state index in [-0.39, 0.29) is 49.1 Å². The van der Waals surface area contributed by atoms with Crippen molar-refractivity contribution in [2.24, 2.45) is 5.92 Å². The SMILES string of the molecule is CC(C)NC(=O)Nc1ccc2c(c1)CC(=O)N([C@H](C)CO)C[C@H](C)[C@H](CN(C)Cc1ccc(Oc3ccccc3)cc1)O2. The molecule has 43 heavy (non-hydrogen) atoms. The van der Waals surface area contributed by atoms with Crippen LogP contribution in [0.4, 0.5) is 10.5 Å². The molecule has 3 amide bonds. The van der Waals surface area contributed by atoms with Crippen molar-refractivity contribution >= 4 is 17.6 Å². The van der Waals surface area contributed by atoms with Crippen molar-refractivity contribution in [1.29, 1.82) is 0 Å². The largest absolute Gasteiger partial charge is 0.488 e. The van der Waals surface area contributed by atoms with Crippen LogP contribution in [-0.4, -0.2) is 71.8 Å². The number of rotatable bonds is 10. The minimum atomic E-state index is -0.329. The van der Waals surface area contributed by atoms with Crippen LogP contribution in [0.15, 0.2) is 72.8 Å². The topological polar surface area (TPSA) is 103 Å². The van der Waals surface area contributed by atoms with Crippen LogP contribution in [0, 0.1) is 5.92 Å². The van der Waals surface area contributed by atoms with E-state index in [2.05, 4.69) is 41.6 Å². The van der Waals surface area contributed by atoms with Crippen LogP contribution in [0.3, 0.4) is 0 Å². The van der Waals surface area contributed by atoms with E-state index in [9.17, 15) is 14.7 Å². The quantitative estimate of drug-likeness (QED) is 0.298. The Bertz CT molecular complexity index is 1350. The molecule has 1 heterocycles. The fraction of sp³-hybridized carbons (Fsp3) is 0.412. The van der Waals surface area contributed by atoms with Gasteiger partial charge in [-0.25, -0.2) is 4.79 Å². The van der Waals surface area contributed by atoms with Crippen LogP contribution < -0.4 is 20.1 Å². The average Bonchev–Trinajstić information content (AvgIpc) is 3.01. The van der Waals surface area contributed by atoms with Crippen LogP contribution in [0.2, 0.25) is 0 Å². The van der Waals surface area contributed by atoms with Gasteiger partial charge in [0.25, 0.3) is 0 Å². The molecular weight excluding hydrogens is 544 g/mol. The molecule has 0 aromatic heterocycles. The Morgan fingerprint density at radius 3 is 2.44 bits per heavy atom. The number of aliphatic hydroxyl groups is 1. The lowest BCUT2D eigenvalue weighted by atomic mass is 10.0. The summed E-state index contributed by atoms with van der Waals surface area (Å²) in [5.74, 6) is 2.09. The summed E-state index contributed by atoms with van der Waals surface area (Å²) in [7, 11) is 2.05. The number of nitrogens with one attached hydrogen (secondary N) is 2. The molecule has 0 saturated heterocycles. The number of carbonyl (C=O) groups excluding carboxylic acids is 2. The van der Waals surface area contributed by atoms with E-state index in [1.807, 2.05) is 69.3 Å². The van der Waals surface area contributed by atoms with Crippen LogP contribution in [-0.2, 0) is 17.8 Å². The second-order valence-corrected chi connectivity index (χ2v) is 11.7. The molecule has 9 nitrogen and oxygen atoms in total. The van der Waals surface area contributed by atoms with E-state index in [1.165, 1.54) is 0 Å². The van der Waals surface area contributed by atoms with Gasteiger partial charge in [0.2, 0.25) is 5.91 Å². The number of hydrogen-bond donors (Lipinski definition) is 3. The number of hydrogen-bond acceptors (Lipinski definition) is 6. The molecule has 3 aromatic carbocycles. The van der Waals surface area contributed by atoms with E-state index in [0.29, 0.717) is 36.6 Å². The number of likely N-dealkylation sites (N-methyl/N-ethyl adjacent to an activating group) is 1. The molecule has 0 aliphatic carbocycles. The van der Waals surface area contributed by atoms with Crippen molar-refractivity contribution in [1.82, 2.24) is 15.1 Å². The Balaban J connectivity index is 1.50. The van der Waals surface area contributed by atoms with Gasteiger partial charge in [0.15, 0.2) is 0 Å². The Labute approximate surface area is 254 Å². The lowest BCUT2D eigenvalue weighted by Crippen LogP contribution is -2.47. The van der Waals surface area contributed by atoms with Crippen LogP contribution in [0.25, 0.3) is 0 Å². The number of amides is 3. The molecule has 4 rings (SSSR count). The van der Waals surface area contributed by atoms with Gasteiger partial charge in [-0.15, -0.1) is 0 Å². The molecule has 230 valence electrons. The van der Waals surface area contributed by atoms with Gasteiger partial charge in [-0.2, -0.15) is 0 Å². The minimum Gasteiger partial charge on any atom is -0.488 e. The fourth-order valence-electron chi connectivity index (χ4n) is 5.13. The molecule has 0 unspecified atom stereocenters. The first kappa shape index (κ1) is 31.8. The van der Waals surface area contributed by atoms with Crippen molar-refractivity contribution in [3.63, 3.8) is 0 Å². The molecular formula is C34H44N4O5. The predicted octanol–water partition coefficient (Wildman–Crippen LogP) is 5.29. The first-order valence-electron chi connectivity index (χ1n) is 14.9. The zero-order chi connectivity index (χ0) is 30.9. The number of ether oxygens (including phenoxy) is 2. The molecule has 0 saturated carbocycles. The first-order chi connectivity index (χ1) is 20.6. The number of nitrogens with zero attached hydrogens (tertiary/aromatic N) is 2. The summed E-state index contributed by atoms with van der Waals surface area (Å²) in [4.78, 5) is 29.7. The van der Waals surface area contributed by atoms with E-state index < -0.39 is 0 Å². The van der Waals surface area contributed by atoms with Crippen molar-refractivity contribution < 1.29 is 24.2 Å².